The molecule has 0 amide bonds. The second-order valence-electron chi connectivity index (χ2n) is 6.03. The molecule has 0 aliphatic carbocycles. The van der Waals surface area contributed by atoms with Crippen molar-refractivity contribution in [3.8, 4) is 0 Å². The molecule has 0 bridgehead atoms. The molecular weight excluding hydrogens is 258 g/mol. The normalized spacial score (nSPS) is 18.5. The lowest BCUT2D eigenvalue weighted by Crippen LogP contribution is -3.10. The van der Waals surface area contributed by atoms with Crippen LogP contribution in [-0.4, -0.2) is 24.7 Å². The van der Waals surface area contributed by atoms with Gasteiger partial charge < -0.3 is 10.0 Å². The van der Waals surface area contributed by atoms with Gasteiger partial charge in [-0.2, -0.15) is 0 Å². The topological polar surface area (TPSA) is 24.7 Å². The van der Waals surface area contributed by atoms with Crippen molar-refractivity contribution in [2.75, 3.05) is 19.6 Å². The average Bonchev–Trinajstić information content (AvgIpc) is 3.07. The molecule has 0 spiro atoms. The molecule has 2 nitrogen and oxygen atoms in total. The van der Waals surface area contributed by atoms with Gasteiger partial charge in [-0.1, -0.05) is 60.7 Å². The van der Waals surface area contributed by atoms with Crippen LogP contribution in [0.2, 0.25) is 0 Å². The van der Waals surface area contributed by atoms with E-state index >= 15 is 0 Å². The quantitative estimate of drug-likeness (QED) is 0.863. The van der Waals surface area contributed by atoms with Gasteiger partial charge in [0.2, 0.25) is 0 Å². The molecule has 2 heteroatoms. The van der Waals surface area contributed by atoms with Crippen LogP contribution >= 0.6 is 0 Å². The third kappa shape index (κ3) is 3.52. The molecule has 3 rings (SSSR count). The molecule has 2 N–H and O–H groups in total. The number of benzene rings is 2. The maximum absolute atomic E-state index is 10.9. The van der Waals surface area contributed by atoms with Gasteiger partial charge in [-0.05, 0) is 11.1 Å². The number of hydrogen-bond donors (Lipinski definition) is 2. The van der Waals surface area contributed by atoms with Crippen LogP contribution in [0.3, 0.4) is 0 Å². The summed E-state index contributed by atoms with van der Waals surface area (Å²) in [6, 6.07) is 20.5. The number of aliphatic hydroxyl groups excluding tert-OH is 1. The highest BCUT2D eigenvalue weighted by molar-refractivity contribution is 5.26. The number of hydrogen-bond acceptors (Lipinski definition) is 1. The Morgan fingerprint density at radius 1 is 0.810 bits per heavy atom. The third-order valence-electron chi connectivity index (χ3n) is 4.57. The molecule has 1 fully saturated rings. The van der Waals surface area contributed by atoms with Crippen LogP contribution in [0, 0.1) is 0 Å². The van der Waals surface area contributed by atoms with Gasteiger partial charge in [0.05, 0.1) is 31.7 Å². The summed E-state index contributed by atoms with van der Waals surface area (Å²) >= 11 is 0. The monoisotopic (exact) mass is 282 g/mol. The molecule has 2 aromatic rings. The largest absolute Gasteiger partial charge is 0.388 e. The Kier molecular flexibility index (Phi) is 4.69. The summed E-state index contributed by atoms with van der Waals surface area (Å²) in [7, 11) is 0. The molecule has 2 aromatic carbocycles. The Bertz CT molecular complexity index is 534. The number of quaternary nitrogens is 1. The van der Waals surface area contributed by atoms with Crippen molar-refractivity contribution in [1.82, 2.24) is 0 Å². The molecule has 0 radical (unpaired) electrons. The molecule has 1 heterocycles. The molecule has 0 unspecified atom stereocenters. The van der Waals surface area contributed by atoms with Gasteiger partial charge >= 0.3 is 0 Å². The SMILES string of the molecule is O[C@@H](c1ccccc1)[C@H](C[NH+]1CCCC1)c1ccccc1. The van der Waals surface area contributed by atoms with E-state index in [1.54, 1.807) is 4.90 Å². The van der Waals surface area contributed by atoms with Gasteiger partial charge in [-0.25, -0.2) is 0 Å². The van der Waals surface area contributed by atoms with E-state index in [1.807, 2.05) is 36.4 Å². The fraction of sp³-hybridized carbons (Fsp3) is 0.368. The van der Waals surface area contributed by atoms with Crippen LogP contribution in [0.15, 0.2) is 60.7 Å². The van der Waals surface area contributed by atoms with Gasteiger partial charge in [0.15, 0.2) is 0 Å². The minimum absolute atomic E-state index is 0.168. The van der Waals surface area contributed by atoms with Gasteiger partial charge in [0, 0.05) is 12.8 Å². The number of rotatable bonds is 5. The molecule has 1 saturated heterocycles. The molecule has 21 heavy (non-hydrogen) atoms. The van der Waals surface area contributed by atoms with Crippen molar-refractivity contribution >= 4 is 0 Å². The Morgan fingerprint density at radius 3 is 1.90 bits per heavy atom. The molecule has 2 atom stereocenters. The first-order chi connectivity index (χ1) is 10.3. The van der Waals surface area contributed by atoms with Crippen LogP contribution in [0.5, 0.6) is 0 Å². The van der Waals surface area contributed by atoms with Crippen LogP contribution in [0.4, 0.5) is 0 Å². The minimum Gasteiger partial charge on any atom is -0.388 e. The fourth-order valence-electron chi connectivity index (χ4n) is 3.38. The lowest BCUT2D eigenvalue weighted by Gasteiger charge is -2.26. The smallest absolute Gasteiger partial charge is 0.0912 e. The van der Waals surface area contributed by atoms with Crippen molar-refractivity contribution in [2.45, 2.75) is 24.9 Å². The fourth-order valence-corrected chi connectivity index (χ4v) is 3.38. The van der Waals surface area contributed by atoms with Gasteiger partial charge in [-0.15, -0.1) is 0 Å². The standard InChI is InChI=1S/C19H23NO/c21-19(17-11-5-2-6-12-17)18(15-20-13-7-8-14-20)16-9-3-1-4-10-16/h1-6,9-12,18-19,21H,7-8,13-15H2/p+1/t18-,19+/m1/s1. The van der Waals surface area contributed by atoms with Crippen molar-refractivity contribution < 1.29 is 10.0 Å². The predicted molar refractivity (Wildman–Crippen MR) is 85.4 cm³/mol. The molecule has 1 aliphatic heterocycles. The number of aliphatic hydroxyl groups is 1. The maximum Gasteiger partial charge on any atom is 0.0912 e. The van der Waals surface area contributed by atoms with Gasteiger partial charge in [-0.3, -0.25) is 0 Å². The zero-order valence-electron chi connectivity index (χ0n) is 12.4. The van der Waals surface area contributed by atoms with Crippen molar-refractivity contribution in [3.05, 3.63) is 71.8 Å². The van der Waals surface area contributed by atoms with Crippen molar-refractivity contribution in [3.63, 3.8) is 0 Å². The Labute approximate surface area is 127 Å². The summed E-state index contributed by atoms with van der Waals surface area (Å²) in [4.78, 5) is 1.62. The number of nitrogens with one attached hydrogen (secondary N) is 1. The highest BCUT2D eigenvalue weighted by atomic mass is 16.3. The van der Waals surface area contributed by atoms with E-state index in [0.717, 1.165) is 12.1 Å². The Hall–Kier alpha value is -1.64. The van der Waals surface area contributed by atoms with E-state index in [4.69, 9.17) is 0 Å². The Morgan fingerprint density at radius 2 is 1.33 bits per heavy atom. The lowest BCUT2D eigenvalue weighted by molar-refractivity contribution is -0.889. The summed E-state index contributed by atoms with van der Waals surface area (Å²) in [5.41, 5.74) is 2.26. The van der Waals surface area contributed by atoms with E-state index < -0.39 is 6.10 Å². The first-order valence-corrected chi connectivity index (χ1v) is 7.96. The Balaban J connectivity index is 1.84. The lowest BCUT2D eigenvalue weighted by atomic mass is 9.88. The molecule has 0 saturated carbocycles. The van der Waals surface area contributed by atoms with Crippen LogP contribution in [-0.2, 0) is 0 Å². The van der Waals surface area contributed by atoms with Crippen LogP contribution < -0.4 is 4.90 Å². The van der Waals surface area contributed by atoms with E-state index in [9.17, 15) is 5.11 Å². The zero-order valence-corrected chi connectivity index (χ0v) is 12.4. The van der Waals surface area contributed by atoms with Gasteiger partial charge in [0.25, 0.3) is 0 Å². The third-order valence-corrected chi connectivity index (χ3v) is 4.57. The first-order valence-electron chi connectivity index (χ1n) is 7.96. The first kappa shape index (κ1) is 14.3. The second-order valence-corrected chi connectivity index (χ2v) is 6.03. The van der Waals surface area contributed by atoms with Crippen LogP contribution in [0.1, 0.15) is 36.0 Å². The highest BCUT2D eigenvalue weighted by Crippen LogP contribution is 2.29. The number of likely N-dealkylation sites (tertiary alicyclic amines) is 1. The molecule has 110 valence electrons. The summed E-state index contributed by atoms with van der Waals surface area (Å²) in [6.45, 7) is 3.50. The predicted octanol–water partition coefficient (Wildman–Crippen LogP) is 2.18. The summed E-state index contributed by atoms with van der Waals surface area (Å²) in [5.74, 6) is 0.168. The minimum atomic E-state index is -0.429. The average molecular weight is 282 g/mol. The summed E-state index contributed by atoms with van der Waals surface area (Å²) in [5, 5.41) is 10.9. The zero-order chi connectivity index (χ0) is 14.5. The molecular formula is C19H24NO+. The van der Waals surface area contributed by atoms with E-state index in [-0.39, 0.29) is 5.92 Å². The molecule has 1 aliphatic rings. The second kappa shape index (κ2) is 6.88. The van der Waals surface area contributed by atoms with E-state index in [0.29, 0.717) is 0 Å². The van der Waals surface area contributed by atoms with E-state index in [2.05, 4.69) is 24.3 Å². The van der Waals surface area contributed by atoms with E-state index in [1.165, 1.54) is 31.5 Å². The van der Waals surface area contributed by atoms with Crippen molar-refractivity contribution in [2.24, 2.45) is 0 Å². The summed E-state index contributed by atoms with van der Waals surface area (Å²) in [6.07, 6.45) is 2.21. The van der Waals surface area contributed by atoms with Crippen molar-refractivity contribution in [1.29, 1.82) is 0 Å². The van der Waals surface area contributed by atoms with Gasteiger partial charge in [0.1, 0.15) is 0 Å². The highest BCUT2D eigenvalue weighted by Gasteiger charge is 2.28. The van der Waals surface area contributed by atoms with Crippen LogP contribution in [0.25, 0.3) is 0 Å². The maximum atomic E-state index is 10.9. The molecule has 0 aromatic heterocycles. The summed E-state index contributed by atoms with van der Waals surface area (Å²) < 4.78 is 0.